The minimum absolute atomic E-state index is 0.175. The van der Waals surface area contributed by atoms with Crippen molar-refractivity contribution >= 4 is 9.84 Å². The van der Waals surface area contributed by atoms with Gasteiger partial charge in [0.05, 0.1) is 10.5 Å². The van der Waals surface area contributed by atoms with E-state index in [-0.39, 0.29) is 6.04 Å². The highest BCUT2D eigenvalue weighted by Crippen LogP contribution is 2.39. The molecule has 1 saturated heterocycles. The smallest absolute Gasteiger partial charge is 0.155 e. The summed E-state index contributed by atoms with van der Waals surface area (Å²) < 4.78 is 22.9. The molecule has 1 unspecified atom stereocenters. The second-order valence-corrected chi connectivity index (χ2v) is 7.65. The van der Waals surface area contributed by atoms with E-state index in [0.29, 0.717) is 11.7 Å². The summed E-state index contributed by atoms with van der Waals surface area (Å²) in [6.07, 6.45) is 2.66. The van der Waals surface area contributed by atoms with Gasteiger partial charge in [0.15, 0.2) is 9.84 Å². The lowest BCUT2D eigenvalue weighted by Gasteiger charge is -2.26. The minimum atomic E-state index is -2.86. The second kappa shape index (κ2) is 3.81. The first-order chi connectivity index (χ1) is 6.27. The van der Waals surface area contributed by atoms with Gasteiger partial charge in [0.2, 0.25) is 0 Å². The topological polar surface area (TPSA) is 60.2 Å². The maximum absolute atomic E-state index is 11.7. The predicted octanol–water partition coefficient (Wildman–Crippen LogP) is 1.33. The number of hydrogen-bond acceptors (Lipinski definition) is 3. The van der Waals surface area contributed by atoms with Crippen molar-refractivity contribution in [3.8, 4) is 0 Å². The Labute approximate surface area is 87.0 Å². The Morgan fingerprint density at radius 3 is 2.43 bits per heavy atom. The van der Waals surface area contributed by atoms with E-state index in [1.165, 1.54) is 0 Å². The first kappa shape index (κ1) is 12.0. The monoisotopic (exact) mass is 219 g/mol. The molecule has 0 aromatic rings. The number of rotatable bonds is 3. The minimum Gasteiger partial charge on any atom is -0.328 e. The molecule has 0 aliphatic carbocycles. The molecule has 1 aliphatic heterocycles. The van der Waals surface area contributed by atoms with E-state index in [1.807, 2.05) is 20.8 Å². The van der Waals surface area contributed by atoms with Gasteiger partial charge < -0.3 is 5.73 Å². The number of hydrogen-bond donors (Lipinski definition) is 1. The van der Waals surface area contributed by atoms with Crippen molar-refractivity contribution in [3.05, 3.63) is 0 Å². The highest BCUT2D eigenvalue weighted by Gasteiger charge is 2.46. The van der Waals surface area contributed by atoms with Gasteiger partial charge in [-0.05, 0) is 46.0 Å². The fourth-order valence-corrected chi connectivity index (χ4v) is 3.98. The molecule has 0 bridgehead atoms. The lowest BCUT2D eigenvalue weighted by atomic mass is 9.87. The standard InChI is InChI=1S/C10H21NO2S/c1-8(11)4-5-9-6-7-14(12,13)10(9,2)3/h8-9H,4-7,11H2,1-3H3/t8-,9?/m0/s1. The Hall–Kier alpha value is -0.0900. The Balaban J connectivity index is 2.66. The van der Waals surface area contributed by atoms with Crippen LogP contribution in [0.1, 0.15) is 40.0 Å². The highest BCUT2D eigenvalue weighted by atomic mass is 32.2. The summed E-state index contributed by atoms with van der Waals surface area (Å²) in [5, 5.41) is 0. The quantitative estimate of drug-likeness (QED) is 0.779. The third kappa shape index (κ3) is 2.11. The zero-order valence-electron chi connectivity index (χ0n) is 9.29. The third-order valence-corrected chi connectivity index (χ3v) is 6.20. The molecule has 4 heteroatoms. The van der Waals surface area contributed by atoms with Crippen LogP contribution in [-0.2, 0) is 9.84 Å². The Morgan fingerprint density at radius 1 is 1.50 bits per heavy atom. The van der Waals surface area contributed by atoms with Gasteiger partial charge in [-0.2, -0.15) is 0 Å². The van der Waals surface area contributed by atoms with Crippen LogP contribution in [-0.4, -0.2) is 25.0 Å². The molecule has 0 spiro atoms. The van der Waals surface area contributed by atoms with Gasteiger partial charge in [0, 0.05) is 6.04 Å². The van der Waals surface area contributed by atoms with Crippen LogP contribution in [0.15, 0.2) is 0 Å². The van der Waals surface area contributed by atoms with Crippen LogP contribution < -0.4 is 5.73 Å². The largest absolute Gasteiger partial charge is 0.328 e. The molecule has 0 aromatic carbocycles. The van der Waals surface area contributed by atoms with Gasteiger partial charge >= 0.3 is 0 Å². The Kier molecular flexibility index (Phi) is 3.26. The first-order valence-corrected chi connectivity index (χ1v) is 6.90. The van der Waals surface area contributed by atoms with E-state index in [2.05, 4.69) is 0 Å². The van der Waals surface area contributed by atoms with Crippen LogP contribution in [0.2, 0.25) is 0 Å². The van der Waals surface area contributed by atoms with Crippen LogP contribution in [0.4, 0.5) is 0 Å². The first-order valence-electron chi connectivity index (χ1n) is 5.25. The summed E-state index contributed by atoms with van der Waals surface area (Å²) in [6, 6.07) is 0.175. The van der Waals surface area contributed by atoms with Crippen molar-refractivity contribution in [2.45, 2.75) is 50.8 Å². The van der Waals surface area contributed by atoms with Crippen LogP contribution in [0.25, 0.3) is 0 Å². The molecule has 1 rings (SSSR count). The molecule has 0 amide bonds. The van der Waals surface area contributed by atoms with E-state index in [0.717, 1.165) is 19.3 Å². The van der Waals surface area contributed by atoms with Gasteiger partial charge in [0.1, 0.15) is 0 Å². The summed E-state index contributed by atoms with van der Waals surface area (Å²) in [5.41, 5.74) is 5.68. The zero-order valence-corrected chi connectivity index (χ0v) is 10.1. The van der Waals surface area contributed by atoms with Crippen molar-refractivity contribution in [2.75, 3.05) is 5.75 Å². The summed E-state index contributed by atoms with van der Waals surface area (Å²) in [5.74, 6) is 0.641. The molecule has 2 atom stereocenters. The molecule has 1 heterocycles. The fraction of sp³-hybridized carbons (Fsp3) is 1.00. The van der Waals surface area contributed by atoms with E-state index >= 15 is 0 Å². The molecule has 2 N–H and O–H groups in total. The molecule has 84 valence electrons. The molecule has 0 radical (unpaired) electrons. The normalized spacial score (nSPS) is 31.6. The fourth-order valence-electron chi connectivity index (χ4n) is 2.12. The average Bonchev–Trinajstić information content (AvgIpc) is 2.20. The molecule has 1 fully saturated rings. The van der Waals surface area contributed by atoms with Gasteiger partial charge in [-0.15, -0.1) is 0 Å². The molecule has 0 saturated carbocycles. The van der Waals surface area contributed by atoms with Crippen molar-refractivity contribution < 1.29 is 8.42 Å². The van der Waals surface area contributed by atoms with Crippen LogP contribution in [0.3, 0.4) is 0 Å². The molecular formula is C10H21NO2S. The summed E-state index contributed by atoms with van der Waals surface area (Å²) in [7, 11) is -2.86. The van der Waals surface area contributed by atoms with Crippen molar-refractivity contribution in [2.24, 2.45) is 11.7 Å². The maximum atomic E-state index is 11.7. The van der Waals surface area contributed by atoms with Crippen LogP contribution in [0.5, 0.6) is 0 Å². The zero-order chi connectivity index (χ0) is 11.0. The van der Waals surface area contributed by atoms with Crippen LogP contribution >= 0.6 is 0 Å². The van der Waals surface area contributed by atoms with E-state index in [9.17, 15) is 8.42 Å². The van der Waals surface area contributed by atoms with Gasteiger partial charge in [0.25, 0.3) is 0 Å². The molecule has 1 aliphatic rings. The van der Waals surface area contributed by atoms with Gasteiger partial charge in [-0.25, -0.2) is 8.42 Å². The Bertz CT molecular complexity index is 293. The summed E-state index contributed by atoms with van der Waals surface area (Å²) in [6.45, 7) is 5.67. The van der Waals surface area contributed by atoms with Crippen molar-refractivity contribution in [1.29, 1.82) is 0 Å². The van der Waals surface area contributed by atoms with Crippen molar-refractivity contribution in [1.82, 2.24) is 0 Å². The highest BCUT2D eigenvalue weighted by molar-refractivity contribution is 7.93. The van der Waals surface area contributed by atoms with E-state index < -0.39 is 14.6 Å². The van der Waals surface area contributed by atoms with E-state index in [1.54, 1.807) is 0 Å². The lowest BCUT2D eigenvalue weighted by molar-refractivity contribution is 0.374. The van der Waals surface area contributed by atoms with Crippen LogP contribution in [0, 0.1) is 5.92 Å². The van der Waals surface area contributed by atoms with Gasteiger partial charge in [-0.3, -0.25) is 0 Å². The second-order valence-electron chi connectivity index (χ2n) is 4.96. The Morgan fingerprint density at radius 2 is 2.07 bits per heavy atom. The van der Waals surface area contributed by atoms with Crippen molar-refractivity contribution in [3.63, 3.8) is 0 Å². The molecule has 3 nitrogen and oxygen atoms in total. The average molecular weight is 219 g/mol. The number of sulfone groups is 1. The third-order valence-electron chi connectivity index (χ3n) is 3.49. The summed E-state index contributed by atoms with van der Waals surface area (Å²) >= 11 is 0. The lowest BCUT2D eigenvalue weighted by Crippen LogP contribution is -2.34. The maximum Gasteiger partial charge on any atom is 0.155 e. The predicted molar refractivity (Wildman–Crippen MR) is 58.9 cm³/mol. The molecular weight excluding hydrogens is 198 g/mol. The SMILES string of the molecule is C[C@H](N)CCC1CCS(=O)(=O)C1(C)C. The van der Waals surface area contributed by atoms with Gasteiger partial charge in [-0.1, -0.05) is 0 Å². The van der Waals surface area contributed by atoms with E-state index in [4.69, 9.17) is 5.73 Å². The summed E-state index contributed by atoms with van der Waals surface area (Å²) in [4.78, 5) is 0. The molecule has 14 heavy (non-hydrogen) atoms. The molecule has 0 aromatic heterocycles. The number of nitrogens with two attached hydrogens (primary N) is 1.